The lowest BCUT2D eigenvalue weighted by atomic mass is 9.92. The molecule has 31 heavy (non-hydrogen) atoms. The van der Waals surface area contributed by atoms with Crippen LogP contribution in [0.3, 0.4) is 0 Å². The first-order valence-electron chi connectivity index (χ1n) is 11.4. The first-order valence-corrected chi connectivity index (χ1v) is 11.4. The maximum atomic E-state index is 13.1. The van der Waals surface area contributed by atoms with Crippen molar-refractivity contribution in [1.82, 2.24) is 19.8 Å². The van der Waals surface area contributed by atoms with Crippen molar-refractivity contribution in [2.24, 2.45) is 0 Å². The van der Waals surface area contributed by atoms with Crippen LogP contribution < -0.4 is 5.32 Å². The number of nitrogens with one attached hydrogen (secondary N) is 1. The summed E-state index contributed by atoms with van der Waals surface area (Å²) < 4.78 is 13.1. The first-order chi connectivity index (χ1) is 15.0. The van der Waals surface area contributed by atoms with Crippen molar-refractivity contribution in [3.05, 3.63) is 47.7 Å². The smallest absolute Gasteiger partial charge is 0.239 e. The standard InChI is InChI=1S/C24H32FN5O/c1-3-22(29-10-4-5-11-29)24(31)30-12-8-18(9-13-30)21-15-20(14-17(2)27-21)28-23-7-6-19(25)16-26-23/h6-7,14-16,18,22H,3-5,8-13H2,1-2H3,(H,26,27,28). The second-order valence-corrected chi connectivity index (χ2v) is 8.68. The number of carbonyl (C=O) groups is 1. The number of pyridine rings is 2. The highest BCUT2D eigenvalue weighted by atomic mass is 19.1. The van der Waals surface area contributed by atoms with Gasteiger partial charge in [-0.15, -0.1) is 0 Å². The molecule has 0 aliphatic carbocycles. The number of rotatable bonds is 6. The molecule has 6 nitrogen and oxygen atoms in total. The number of likely N-dealkylation sites (tertiary alicyclic amines) is 2. The van der Waals surface area contributed by atoms with Crippen molar-refractivity contribution in [3.8, 4) is 0 Å². The molecule has 1 unspecified atom stereocenters. The Morgan fingerprint density at radius 1 is 1.19 bits per heavy atom. The van der Waals surface area contributed by atoms with E-state index in [2.05, 4.69) is 33.1 Å². The van der Waals surface area contributed by atoms with Gasteiger partial charge in [-0.25, -0.2) is 9.37 Å². The summed E-state index contributed by atoms with van der Waals surface area (Å²) in [5.74, 6) is 0.877. The van der Waals surface area contributed by atoms with Crippen LogP contribution in [0, 0.1) is 12.7 Å². The van der Waals surface area contributed by atoms with Crippen molar-refractivity contribution in [1.29, 1.82) is 0 Å². The molecule has 4 heterocycles. The van der Waals surface area contributed by atoms with Gasteiger partial charge in [-0.3, -0.25) is 14.7 Å². The third-order valence-corrected chi connectivity index (χ3v) is 6.45. The number of nitrogens with zero attached hydrogens (tertiary/aromatic N) is 4. The van der Waals surface area contributed by atoms with Gasteiger partial charge in [0.2, 0.25) is 5.91 Å². The van der Waals surface area contributed by atoms with Crippen LogP contribution in [0.15, 0.2) is 30.5 Å². The van der Waals surface area contributed by atoms with Crippen LogP contribution in [0.2, 0.25) is 0 Å². The zero-order chi connectivity index (χ0) is 21.8. The van der Waals surface area contributed by atoms with Crippen LogP contribution in [-0.4, -0.2) is 57.9 Å². The molecule has 2 fully saturated rings. The summed E-state index contributed by atoms with van der Waals surface area (Å²) in [4.78, 5) is 26.4. The fraction of sp³-hybridized carbons (Fsp3) is 0.542. The number of halogens is 1. The normalized spacial score (nSPS) is 18.9. The van der Waals surface area contributed by atoms with Gasteiger partial charge in [-0.05, 0) is 76.4 Å². The molecule has 0 spiro atoms. The van der Waals surface area contributed by atoms with Crippen LogP contribution in [0.4, 0.5) is 15.9 Å². The van der Waals surface area contributed by atoms with E-state index in [-0.39, 0.29) is 11.9 Å². The minimum absolute atomic E-state index is 0.0372. The molecule has 1 atom stereocenters. The van der Waals surface area contributed by atoms with Gasteiger partial charge in [0.1, 0.15) is 11.6 Å². The second kappa shape index (κ2) is 9.73. The molecule has 2 aromatic rings. The summed E-state index contributed by atoms with van der Waals surface area (Å²) in [5.41, 5.74) is 2.88. The number of amides is 1. The topological polar surface area (TPSA) is 61.4 Å². The Labute approximate surface area is 183 Å². The van der Waals surface area contributed by atoms with Crippen molar-refractivity contribution < 1.29 is 9.18 Å². The molecule has 0 bridgehead atoms. The fourth-order valence-corrected chi connectivity index (χ4v) is 4.82. The highest BCUT2D eigenvalue weighted by Crippen LogP contribution is 2.30. The molecular formula is C24H32FN5O. The second-order valence-electron chi connectivity index (χ2n) is 8.68. The van der Waals surface area contributed by atoms with E-state index in [9.17, 15) is 9.18 Å². The Kier molecular flexibility index (Phi) is 6.80. The van der Waals surface area contributed by atoms with Gasteiger partial charge >= 0.3 is 0 Å². The van der Waals surface area contributed by atoms with Crippen LogP contribution >= 0.6 is 0 Å². The van der Waals surface area contributed by atoms with Gasteiger partial charge in [-0.2, -0.15) is 0 Å². The molecule has 0 radical (unpaired) electrons. The van der Waals surface area contributed by atoms with Gasteiger partial charge in [0.15, 0.2) is 0 Å². The van der Waals surface area contributed by atoms with Crippen LogP contribution in [0.1, 0.15) is 56.3 Å². The number of carbonyl (C=O) groups excluding carboxylic acids is 1. The molecule has 7 heteroatoms. The highest BCUT2D eigenvalue weighted by Gasteiger charge is 2.32. The summed E-state index contributed by atoms with van der Waals surface area (Å²) in [6, 6.07) is 7.08. The third kappa shape index (κ3) is 5.21. The number of anilines is 2. The van der Waals surface area contributed by atoms with E-state index in [1.807, 2.05) is 13.0 Å². The fourth-order valence-electron chi connectivity index (χ4n) is 4.82. The van der Waals surface area contributed by atoms with E-state index in [0.29, 0.717) is 17.6 Å². The van der Waals surface area contributed by atoms with E-state index < -0.39 is 0 Å². The van der Waals surface area contributed by atoms with E-state index in [1.54, 1.807) is 6.07 Å². The number of aromatic nitrogens is 2. The quantitative estimate of drug-likeness (QED) is 0.750. The zero-order valence-corrected chi connectivity index (χ0v) is 18.5. The number of piperidine rings is 1. The monoisotopic (exact) mass is 425 g/mol. The molecule has 2 aliphatic heterocycles. The van der Waals surface area contributed by atoms with E-state index in [1.165, 1.54) is 25.1 Å². The summed E-state index contributed by atoms with van der Waals surface area (Å²) in [6.45, 7) is 7.76. The molecule has 2 aromatic heterocycles. The molecule has 4 rings (SSSR count). The first kappa shape index (κ1) is 21.7. The van der Waals surface area contributed by atoms with Crippen molar-refractivity contribution in [2.75, 3.05) is 31.5 Å². The molecule has 0 aromatic carbocycles. The largest absolute Gasteiger partial charge is 0.341 e. The lowest BCUT2D eigenvalue weighted by Crippen LogP contribution is -2.49. The summed E-state index contributed by atoms with van der Waals surface area (Å²) in [6.07, 6.45) is 6.34. The zero-order valence-electron chi connectivity index (χ0n) is 18.5. The average Bonchev–Trinajstić information content (AvgIpc) is 3.30. The Hall–Kier alpha value is -2.54. The molecular weight excluding hydrogens is 393 g/mol. The maximum absolute atomic E-state index is 13.1. The predicted octanol–water partition coefficient (Wildman–Crippen LogP) is 4.25. The number of aryl methyl sites for hydroxylation is 1. The number of hydrogen-bond donors (Lipinski definition) is 1. The Morgan fingerprint density at radius 3 is 2.58 bits per heavy atom. The lowest BCUT2D eigenvalue weighted by molar-refractivity contribution is -0.137. The minimum atomic E-state index is -0.353. The highest BCUT2D eigenvalue weighted by molar-refractivity contribution is 5.82. The van der Waals surface area contributed by atoms with E-state index >= 15 is 0 Å². The molecule has 166 valence electrons. The van der Waals surface area contributed by atoms with E-state index in [0.717, 1.165) is 62.5 Å². The van der Waals surface area contributed by atoms with Crippen molar-refractivity contribution in [3.63, 3.8) is 0 Å². The average molecular weight is 426 g/mol. The van der Waals surface area contributed by atoms with Gasteiger partial charge in [0.25, 0.3) is 0 Å². The lowest BCUT2D eigenvalue weighted by Gasteiger charge is -2.36. The minimum Gasteiger partial charge on any atom is -0.341 e. The Balaban J connectivity index is 1.39. The molecule has 1 N–H and O–H groups in total. The van der Waals surface area contributed by atoms with Gasteiger partial charge in [0.05, 0.1) is 12.2 Å². The SMILES string of the molecule is CCC(C(=O)N1CCC(c2cc(Nc3ccc(F)cn3)cc(C)n2)CC1)N1CCCC1. The van der Waals surface area contributed by atoms with Crippen LogP contribution in [-0.2, 0) is 4.79 Å². The van der Waals surface area contributed by atoms with Gasteiger partial charge in [0, 0.05) is 36.1 Å². The maximum Gasteiger partial charge on any atom is 0.239 e. The predicted molar refractivity (Wildman–Crippen MR) is 120 cm³/mol. The summed E-state index contributed by atoms with van der Waals surface area (Å²) in [7, 11) is 0. The Morgan fingerprint density at radius 2 is 1.94 bits per heavy atom. The van der Waals surface area contributed by atoms with Crippen LogP contribution in [0.25, 0.3) is 0 Å². The third-order valence-electron chi connectivity index (χ3n) is 6.45. The molecule has 1 amide bonds. The molecule has 2 saturated heterocycles. The van der Waals surface area contributed by atoms with Crippen LogP contribution in [0.5, 0.6) is 0 Å². The van der Waals surface area contributed by atoms with Gasteiger partial charge < -0.3 is 10.2 Å². The van der Waals surface area contributed by atoms with E-state index in [4.69, 9.17) is 4.98 Å². The molecule has 2 aliphatic rings. The molecule has 0 saturated carbocycles. The summed E-state index contributed by atoms with van der Waals surface area (Å²) in [5, 5.41) is 3.24. The van der Waals surface area contributed by atoms with Crippen molar-refractivity contribution >= 4 is 17.4 Å². The van der Waals surface area contributed by atoms with Gasteiger partial charge in [-0.1, -0.05) is 6.92 Å². The Bertz CT molecular complexity index is 889. The summed E-state index contributed by atoms with van der Waals surface area (Å²) >= 11 is 0. The van der Waals surface area contributed by atoms with Crippen molar-refractivity contribution in [2.45, 2.75) is 57.9 Å². The number of hydrogen-bond acceptors (Lipinski definition) is 5.